The number of hydrogen-bond donors (Lipinski definition) is 1. The monoisotopic (exact) mass is 286 g/mol. The first kappa shape index (κ1) is 15.7. The Hall–Kier alpha value is -2.31. The summed E-state index contributed by atoms with van der Waals surface area (Å²) in [4.78, 5) is 14.4. The van der Waals surface area contributed by atoms with E-state index in [4.69, 9.17) is 4.42 Å². The van der Waals surface area contributed by atoms with E-state index >= 15 is 0 Å². The molecule has 0 unspecified atom stereocenters. The van der Waals surface area contributed by atoms with Crippen molar-refractivity contribution in [3.63, 3.8) is 0 Å². The molecule has 0 radical (unpaired) electrons. The molecule has 7 heteroatoms. The quantitative estimate of drug-likeness (QED) is 0.915. The average molecular weight is 286 g/mol. The lowest BCUT2D eigenvalue weighted by Gasteiger charge is -2.03. The summed E-state index contributed by atoms with van der Waals surface area (Å²) >= 11 is 0. The number of carbonyl (C=O) groups excluding carboxylic acids is 1. The minimum absolute atomic E-state index is 0.0950. The number of rotatable bonds is 2. The topological polar surface area (TPSA) is 55.1 Å². The van der Waals surface area contributed by atoms with Crippen LogP contribution in [0.5, 0.6) is 0 Å². The lowest BCUT2D eigenvalue weighted by molar-refractivity contribution is -0.137. The summed E-state index contributed by atoms with van der Waals surface area (Å²) < 4.78 is 40.1. The molecule has 0 aliphatic carbocycles. The zero-order chi connectivity index (χ0) is 15.0. The van der Waals surface area contributed by atoms with Crippen LogP contribution >= 0.6 is 0 Å². The van der Waals surface area contributed by atoms with Crippen LogP contribution in [0.1, 0.15) is 18.9 Å². The zero-order valence-electron chi connectivity index (χ0n) is 10.6. The van der Waals surface area contributed by atoms with Gasteiger partial charge in [0.15, 0.2) is 0 Å². The van der Waals surface area contributed by atoms with Crippen LogP contribution in [0.25, 0.3) is 0 Å². The lowest BCUT2D eigenvalue weighted by atomic mass is 10.2. The fourth-order valence-corrected chi connectivity index (χ4v) is 1.12. The fourth-order valence-electron chi connectivity index (χ4n) is 1.12. The highest BCUT2D eigenvalue weighted by molar-refractivity contribution is 5.88. The van der Waals surface area contributed by atoms with E-state index in [2.05, 4.69) is 10.3 Å². The van der Waals surface area contributed by atoms with Gasteiger partial charge in [0.05, 0.1) is 11.8 Å². The molecule has 0 aliphatic heterocycles. The number of oxazole rings is 1. The predicted octanol–water partition coefficient (Wildman–Crippen LogP) is 3.73. The van der Waals surface area contributed by atoms with E-state index < -0.39 is 11.7 Å². The van der Waals surface area contributed by atoms with Crippen molar-refractivity contribution >= 4 is 11.9 Å². The molecule has 2 rings (SSSR count). The average Bonchev–Trinajstić information content (AvgIpc) is 2.92. The summed E-state index contributed by atoms with van der Waals surface area (Å²) in [6.45, 7) is 1.76. The molecule has 0 aliphatic rings. The number of aromatic nitrogens is 1. The molecule has 108 valence electrons. The van der Waals surface area contributed by atoms with E-state index in [1.807, 2.05) is 0 Å². The second kappa shape index (κ2) is 7.32. The number of amides is 1. The molecule has 1 amide bonds. The van der Waals surface area contributed by atoms with Gasteiger partial charge in [0.1, 0.15) is 6.26 Å². The van der Waals surface area contributed by atoms with Crippen LogP contribution in [0.4, 0.5) is 19.2 Å². The molecule has 0 atom stereocenters. The largest absolute Gasteiger partial charge is 0.432 e. The van der Waals surface area contributed by atoms with E-state index in [0.717, 1.165) is 12.1 Å². The Morgan fingerprint density at radius 1 is 1.30 bits per heavy atom. The van der Waals surface area contributed by atoms with Crippen molar-refractivity contribution in [1.29, 1.82) is 0 Å². The van der Waals surface area contributed by atoms with Gasteiger partial charge in [0, 0.05) is 6.42 Å². The van der Waals surface area contributed by atoms with E-state index in [1.165, 1.54) is 24.6 Å². The van der Waals surface area contributed by atoms with E-state index in [1.54, 1.807) is 13.0 Å². The van der Waals surface area contributed by atoms with Crippen molar-refractivity contribution in [3.05, 3.63) is 48.4 Å². The Balaban J connectivity index is 0.000000200. The molecular formula is C13H13F3N2O2. The summed E-state index contributed by atoms with van der Waals surface area (Å²) in [5, 5.41) is 2.45. The molecule has 2 aromatic rings. The zero-order valence-corrected chi connectivity index (χ0v) is 10.6. The Bertz CT molecular complexity index is 510. The molecule has 20 heavy (non-hydrogen) atoms. The molecular weight excluding hydrogens is 273 g/mol. The van der Waals surface area contributed by atoms with Gasteiger partial charge in [0.25, 0.3) is 0 Å². The third-order valence-electron chi connectivity index (χ3n) is 2.10. The number of halogens is 3. The summed E-state index contributed by atoms with van der Waals surface area (Å²) in [7, 11) is 0. The number of nitrogens with zero attached hydrogens (tertiary/aromatic N) is 1. The minimum atomic E-state index is -4.21. The Morgan fingerprint density at radius 2 is 1.95 bits per heavy atom. The third-order valence-corrected chi connectivity index (χ3v) is 2.10. The van der Waals surface area contributed by atoms with Gasteiger partial charge in [-0.3, -0.25) is 10.1 Å². The van der Waals surface area contributed by atoms with Crippen LogP contribution in [-0.2, 0) is 11.0 Å². The SMILES string of the molecule is CCC(=O)Nc1ncco1.FC(F)(F)c1ccccc1. The van der Waals surface area contributed by atoms with Crippen molar-refractivity contribution in [3.8, 4) is 0 Å². The Morgan fingerprint density at radius 3 is 2.35 bits per heavy atom. The van der Waals surface area contributed by atoms with Crippen LogP contribution in [0, 0.1) is 0 Å². The Kier molecular flexibility index (Phi) is 5.76. The summed E-state index contributed by atoms with van der Waals surface area (Å²) in [6.07, 6.45) is -0.889. The van der Waals surface area contributed by atoms with Crippen molar-refractivity contribution in [1.82, 2.24) is 4.98 Å². The van der Waals surface area contributed by atoms with Gasteiger partial charge >= 0.3 is 12.2 Å². The number of alkyl halides is 3. The van der Waals surface area contributed by atoms with Crippen LogP contribution in [-0.4, -0.2) is 10.9 Å². The highest BCUT2D eigenvalue weighted by Crippen LogP contribution is 2.28. The van der Waals surface area contributed by atoms with Gasteiger partial charge in [-0.25, -0.2) is 4.98 Å². The minimum Gasteiger partial charge on any atom is -0.432 e. The van der Waals surface area contributed by atoms with Crippen molar-refractivity contribution in [2.45, 2.75) is 19.5 Å². The summed E-state index contributed by atoms with van der Waals surface area (Å²) in [5.74, 6) is -0.0950. The summed E-state index contributed by atoms with van der Waals surface area (Å²) in [6, 6.07) is 6.62. The molecule has 1 aromatic carbocycles. The van der Waals surface area contributed by atoms with Crippen molar-refractivity contribution < 1.29 is 22.4 Å². The number of nitrogens with one attached hydrogen (secondary N) is 1. The maximum absolute atomic E-state index is 11.8. The Labute approximate surface area is 113 Å². The van der Waals surface area contributed by atoms with Gasteiger partial charge in [-0.15, -0.1) is 0 Å². The second-order valence-electron chi connectivity index (χ2n) is 3.60. The van der Waals surface area contributed by atoms with Crippen LogP contribution in [0.2, 0.25) is 0 Å². The first-order valence-corrected chi connectivity index (χ1v) is 5.75. The molecule has 1 aromatic heterocycles. The van der Waals surface area contributed by atoms with Crippen LogP contribution in [0.15, 0.2) is 47.2 Å². The maximum atomic E-state index is 11.8. The number of hydrogen-bond acceptors (Lipinski definition) is 3. The number of anilines is 1. The second-order valence-corrected chi connectivity index (χ2v) is 3.60. The molecule has 1 heterocycles. The molecule has 0 spiro atoms. The lowest BCUT2D eigenvalue weighted by Crippen LogP contribution is -2.09. The molecule has 0 bridgehead atoms. The first-order chi connectivity index (χ1) is 9.43. The first-order valence-electron chi connectivity index (χ1n) is 5.75. The van der Waals surface area contributed by atoms with Crippen molar-refractivity contribution in [2.75, 3.05) is 5.32 Å². The third kappa shape index (κ3) is 5.55. The number of benzene rings is 1. The van der Waals surface area contributed by atoms with Crippen LogP contribution < -0.4 is 5.32 Å². The van der Waals surface area contributed by atoms with Gasteiger partial charge < -0.3 is 4.42 Å². The molecule has 0 fully saturated rings. The van der Waals surface area contributed by atoms with Gasteiger partial charge in [-0.05, 0) is 0 Å². The van der Waals surface area contributed by atoms with Crippen molar-refractivity contribution in [2.24, 2.45) is 0 Å². The van der Waals surface area contributed by atoms with Crippen LogP contribution in [0.3, 0.4) is 0 Å². The van der Waals surface area contributed by atoms with E-state index in [0.29, 0.717) is 6.42 Å². The van der Waals surface area contributed by atoms with E-state index in [9.17, 15) is 18.0 Å². The number of carbonyl (C=O) groups is 1. The van der Waals surface area contributed by atoms with Gasteiger partial charge in [0.2, 0.25) is 5.91 Å². The predicted molar refractivity (Wildman–Crippen MR) is 66.9 cm³/mol. The standard InChI is InChI=1S/C7H5F3.C6H8N2O2/c8-7(9,10)6-4-2-1-3-5-6;1-2-5(9)8-6-7-3-4-10-6/h1-5H;3-4H,2H2,1H3,(H,7,8,9). The molecule has 1 N–H and O–H groups in total. The molecule has 0 saturated carbocycles. The van der Waals surface area contributed by atoms with E-state index in [-0.39, 0.29) is 11.9 Å². The molecule has 0 saturated heterocycles. The highest BCUT2D eigenvalue weighted by Gasteiger charge is 2.29. The van der Waals surface area contributed by atoms with Gasteiger partial charge in [-0.1, -0.05) is 37.3 Å². The maximum Gasteiger partial charge on any atom is 0.416 e. The fraction of sp³-hybridized carbons (Fsp3) is 0.231. The smallest absolute Gasteiger partial charge is 0.416 e. The molecule has 4 nitrogen and oxygen atoms in total. The highest BCUT2D eigenvalue weighted by atomic mass is 19.4. The summed E-state index contributed by atoms with van der Waals surface area (Å²) in [5.41, 5.74) is -0.602. The van der Waals surface area contributed by atoms with Gasteiger partial charge in [-0.2, -0.15) is 13.2 Å². The normalized spacial score (nSPS) is 10.4.